The van der Waals surface area contributed by atoms with E-state index in [1.807, 2.05) is 13.1 Å². The van der Waals surface area contributed by atoms with Crippen LogP contribution in [0.5, 0.6) is 11.5 Å². The minimum atomic E-state index is -4.21. The Morgan fingerprint density at radius 3 is 2.57 bits per heavy atom. The number of benzene rings is 1. The maximum Gasteiger partial charge on any atom is 0.412 e. The zero-order chi connectivity index (χ0) is 26.4. The molecule has 1 fully saturated rings. The molecule has 0 saturated carbocycles. The number of rotatable bonds is 10. The molecule has 2 N–H and O–H groups in total. The van der Waals surface area contributed by atoms with E-state index in [9.17, 15) is 18.3 Å². The maximum absolute atomic E-state index is 13.0. The summed E-state index contributed by atoms with van der Waals surface area (Å²) in [5, 5.41) is 9.79. The van der Waals surface area contributed by atoms with Crippen LogP contribution in [-0.4, -0.2) is 59.0 Å². The van der Waals surface area contributed by atoms with Gasteiger partial charge in [0.15, 0.2) is 17.2 Å². The lowest BCUT2D eigenvalue weighted by Crippen LogP contribution is -2.50. The lowest BCUT2D eigenvalue weighted by Gasteiger charge is -2.37. The molecule has 1 heterocycles. The van der Waals surface area contributed by atoms with Crippen molar-refractivity contribution in [3.63, 3.8) is 0 Å². The predicted molar refractivity (Wildman–Crippen MR) is 137 cm³/mol. The van der Waals surface area contributed by atoms with Crippen molar-refractivity contribution in [3.05, 3.63) is 48.6 Å². The molecule has 1 aliphatic rings. The number of hydrogen-bond acceptors (Lipinski definition) is 7. The highest BCUT2D eigenvalue weighted by atomic mass is 32.2. The third-order valence-electron chi connectivity index (χ3n) is 5.61. The molecule has 0 unspecified atom stereocenters. The summed E-state index contributed by atoms with van der Waals surface area (Å²) in [6, 6.07) is 5.79. The molecule has 0 aliphatic carbocycles. The van der Waals surface area contributed by atoms with Crippen molar-refractivity contribution in [1.29, 1.82) is 0 Å². The van der Waals surface area contributed by atoms with Gasteiger partial charge in [-0.1, -0.05) is 51.1 Å². The molecule has 35 heavy (non-hydrogen) atoms. The topological polar surface area (TPSA) is 114 Å². The van der Waals surface area contributed by atoms with Crippen LogP contribution < -0.4 is 8.91 Å². The number of likely N-dealkylation sites (tertiary alicyclic amines) is 1. The van der Waals surface area contributed by atoms with Crippen LogP contribution in [0.3, 0.4) is 0 Å². The molecule has 1 aromatic rings. The van der Waals surface area contributed by atoms with E-state index in [0.29, 0.717) is 18.5 Å². The van der Waals surface area contributed by atoms with Crippen LogP contribution in [0.25, 0.3) is 0 Å². The number of hydrogen-bond donors (Lipinski definition) is 2. The second-order valence-corrected chi connectivity index (χ2v) is 13.3. The van der Waals surface area contributed by atoms with Gasteiger partial charge in [0.1, 0.15) is 6.61 Å². The second-order valence-electron chi connectivity index (χ2n) is 9.92. The van der Waals surface area contributed by atoms with E-state index in [4.69, 9.17) is 13.3 Å². The maximum atomic E-state index is 13.0. The van der Waals surface area contributed by atoms with E-state index < -0.39 is 31.2 Å². The van der Waals surface area contributed by atoms with Crippen molar-refractivity contribution in [1.82, 2.24) is 9.62 Å². The fraction of sp³-hybridized carbons (Fsp3) is 0.542. The summed E-state index contributed by atoms with van der Waals surface area (Å²) in [6.45, 7) is 16.1. The fourth-order valence-electron chi connectivity index (χ4n) is 3.85. The summed E-state index contributed by atoms with van der Waals surface area (Å²) in [5.74, 6) is -0.332. The first-order valence-electron chi connectivity index (χ1n) is 11.4. The summed E-state index contributed by atoms with van der Waals surface area (Å²) in [5.41, 5.74) is -0.526. The normalized spacial score (nSPS) is 21.3. The minimum absolute atomic E-state index is 0.0771. The van der Waals surface area contributed by atoms with Crippen molar-refractivity contribution in [2.24, 2.45) is 11.3 Å². The number of phenolic OH excluding ortho intramolecular Hbond substituents is 1. The average molecular weight is 526 g/mol. The molecule has 2 atom stereocenters. The molecule has 1 aliphatic heterocycles. The number of carbonyl (C=O) groups excluding carboxylic acids is 1. The van der Waals surface area contributed by atoms with Gasteiger partial charge in [0.2, 0.25) is 9.04 Å². The van der Waals surface area contributed by atoms with E-state index in [1.165, 1.54) is 18.2 Å². The number of para-hydroxylation sites is 2. The molecule has 1 saturated heterocycles. The molecule has 1 amide bonds. The highest BCUT2D eigenvalue weighted by Crippen LogP contribution is 2.44. The number of amides is 1. The predicted octanol–water partition coefficient (Wildman–Crippen LogP) is 4.21. The van der Waals surface area contributed by atoms with E-state index in [1.54, 1.807) is 30.0 Å². The lowest BCUT2D eigenvalue weighted by atomic mass is 9.79. The molecular formula is C24H37N2O7SSi. The highest BCUT2D eigenvalue weighted by Gasteiger charge is 2.51. The van der Waals surface area contributed by atoms with Gasteiger partial charge in [0.25, 0.3) is 0 Å². The zero-order valence-corrected chi connectivity index (χ0v) is 23.1. The molecule has 1 radical (unpaired) electrons. The largest absolute Gasteiger partial charge is 0.504 e. The summed E-state index contributed by atoms with van der Waals surface area (Å²) >= 11 is 0. The van der Waals surface area contributed by atoms with Gasteiger partial charge in [-0.3, -0.25) is 4.90 Å². The number of phenols is 1. The smallest absolute Gasteiger partial charge is 0.412 e. The third kappa shape index (κ3) is 8.09. The molecular weight excluding hydrogens is 488 g/mol. The second kappa shape index (κ2) is 11.6. The Morgan fingerprint density at radius 2 is 2.00 bits per heavy atom. The molecule has 11 heteroatoms. The Balaban J connectivity index is 2.31. The van der Waals surface area contributed by atoms with Gasteiger partial charge >= 0.3 is 16.4 Å². The lowest BCUT2D eigenvalue weighted by molar-refractivity contribution is -0.0137. The summed E-state index contributed by atoms with van der Waals surface area (Å²) in [4.78, 5) is 14.6. The molecule has 195 valence electrons. The molecule has 0 aromatic heterocycles. The van der Waals surface area contributed by atoms with Crippen molar-refractivity contribution < 1.29 is 31.7 Å². The van der Waals surface area contributed by atoms with Crippen LogP contribution in [0.2, 0.25) is 13.1 Å². The van der Waals surface area contributed by atoms with Gasteiger partial charge in [-0.15, -0.1) is 0 Å². The van der Waals surface area contributed by atoms with E-state index >= 15 is 0 Å². The molecule has 2 rings (SSSR count). The van der Waals surface area contributed by atoms with Gasteiger partial charge < -0.3 is 18.5 Å². The quantitative estimate of drug-likeness (QED) is 0.347. The molecule has 1 aromatic carbocycles. The summed E-state index contributed by atoms with van der Waals surface area (Å²) in [6.07, 6.45) is 3.35. The van der Waals surface area contributed by atoms with E-state index in [2.05, 4.69) is 32.1 Å². The van der Waals surface area contributed by atoms with E-state index in [-0.39, 0.29) is 36.0 Å². The number of aromatic hydroxyl groups is 1. The monoisotopic (exact) mass is 525 g/mol. The summed E-state index contributed by atoms with van der Waals surface area (Å²) in [7, 11) is -5.47. The number of ether oxygens (including phenoxy) is 1. The van der Waals surface area contributed by atoms with Gasteiger partial charge in [-0.25, -0.2) is 4.79 Å². The van der Waals surface area contributed by atoms with Crippen LogP contribution in [0.1, 0.15) is 34.1 Å². The SMILES string of the molecule is C=CCOC(=O)N1C[C@@H](C(C)(C)C)C[C@@]1(C=C(C)CNS(=O)(=O)Oc1ccccc1O)O[Si](C)C. The Labute approximate surface area is 210 Å². The summed E-state index contributed by atoms with van der Waals surface area (Å²) < 4.78 is 44.0. The Hall–Kier alpha value is -2.34. The van der Waals surface area contributed by atoms with Crippen molar-refractivity contribution >= 4 is 25.4 Å². The van der Waals surface area contributed by atoms with Crippen molar-refractivity contribution in [2.75, 3.05) is 19.7 Å². The van der Waals surface area contributed by atoms with Crippen LogP contribution in [0.15, 0.2) is 48.6 Å². The highest BCUT2D eigenvalue weighted by molar-refractivity contribution is 7.85. The van der Waals surface area contributed by atoms with Gasteiger partial charge in [-0.2, -0.15) is 13.1 Å². The number of nitrogens with one attached hydrogen (secondary N) is 1. The van der Waals surface area contributed by atoms with Gasteiger partial charge in [0, 0.05) is 19.5 Å². The minimum Gasteiger partial charge on any atom is -0.504 e. The van der Waals surface area contributed by atoms with Crippen LogP contribution in [0.4, 0.5) is 4.79 Å². The Kier molecular flexibility index (Phi) is 9.57. The zero-order valence-electron chi connectivity index (χ0n) is 21.3. The van der Waals surface area contributed by atoms with Crippen molar-refractivity contribution in [3.8, 4) is 11.5 Å². The molecule has 9 nitrogen and oxygen atoms in total. The molecule has 0 spiro atoms. The first-order valence-corrected chi connectivity index (χ1v) is 15.2. The number of carbonyl (C=O) groups is 1. The Morgan fingerprint density at radius 1 is 1.34 bits per heavy atom. The Bertz CT molecular complexity index is 1040. The standard InChI is InChI=1S/C24H37N2O7SSi/c1-8-13-31-22(28)26-17-19(23(3,4)5)15-24(26,33-35(6)7)14-18(2)16-25-34(29,30)32-21-12-10-9-11-20(21)27/h8-12,14,19,25,27H,1,13,15-17H2,2-7H3/t19-,24+/m0/s1. The fourth-order valence-corrected chi connectivity index (χ4v) is 5.65. The number of nitrogens with zero attached hydrogens (tertiary/aromatic N) is 1. The first-order chi connectivity index (χ1) is 16.2. The van der Waals surface area contributed by atoms with Crippen molar-refractivity contribution in [2.45, 2.75) is 52.9 Å². The van der Waals surface area contributed by atoms with Crippen LogP contribution in [-0.2, 0) is 19.5 Å². The van der Waals surface area contributed by atoms with Gasteiger partial charge in [-0.05, 0) is 49.6 Å². The van der Waals surface area contributed by atoms with Crippen LogP contribution in [0, 0.1) is 11.3 Å². The molecule has 0 bridgehead atoms. The van der Waals surface area contributed by atoms with Crippen LogP contribution >= 0.6 is 0 Å². The first kappa shape index (κ1) is 28.9. The van der Waals surface area contributed by atoms with E-state index in [0.717, 1.165) is 0 Å². The van der Waals surface area contributed by atoms with Gasteiger partial charge in [0.05, 0.1) is 0 Å². The third-order valence-corrected chi connectivity index (χ3v) is 7.27. The average Bonchev–Trinajstić information content (AvgIpc) is 3.11.